The number of hydrogen-bond acceptors (Lipinski definition) is 3. The molecule has 3 N–H and O–H groups in total. The standard InChI is InChI=1S/C10H14N4O3/c1-6-7(5-14(2)13-6)11-9(17)12-10(3-4-10)8(15)16/h5H,3-4H2,1-2H3,(H,15,16)(H2,11,12,17). The number of carbonyl (C=O) groups excluding carboxylic acids is 1. The molecule has 0 saturated heterocycles. The lowest BCUT2D eigenvalue weighted by molar-refractivity contribution is -0.140. The first kappa shape index (κ1) is 11.4. The van der Waals surface area contributed by atoms with Gasteiger partial charge in [0.05, 0.1) is 11.4 Å². The molecule has 0 unspecified atom stereocenters. The van der Waals surface area contributed by atoms with Gasteiger partial charge in [0, 0.05) is 13.2 Å². The van der Waals surface area contributed by atoms with Crippen molar-refractivity contribution < 1.29 is 14.7 Å². The Balaban J connectivity index is 1.99. The van der Waals surface area contributed by atoms with Gasteiger partial charge in [0.2, 0.25) is 0 Å². The summed E-state index contributed by atoms with van der Waals surface area (Å²) in [4.78, 5) is 22.5. The van der Waals surface area contributed by atoms with Crippen LogP contribution in [0.3, 0.4) is 0 Å². The van der Waals surface area contributed by atoms with Crippen LogP contribution < -0.4 is 10.6 Å². The molecule has 0 atom stereocenters. The molecule has 0 aromatic carbocycles. The molecule has 1 aromatic rings. The van der Waals surface area contributed by atoms with Crippen LogP contribution in [0, 0.1) is 6.92 Å². The molecule has 0 spiro atoms. The number of nitrogens with zero attached hydrogens (tertiary/aromatic N) is 2. The van der Waals surface area contributed by atoms with Crippen molar-refractivity contribution in [3.05, 3.63) is 11.9 Å². The average molecular weight is 238 g/mol. The molecule has 7 heteroatoms. The second kappa shape index (κ2) is 3.76. The minimum atomic E-state index is -1.07. The predicted octanol–water partition coefficient (Wildman–Crippen LogP) is 0.467. The number of anilines is 1. The number of aliphatic carboxylic acids is 1. The van der Waals surface area contributed by atoms with Crippen molar-refractivity contribution in [1.29, 1.82) is 0 Å². The summed E-state index contributed by atoms with van der Waals surface area (Å²) in [5.74, 6) is -0.990. The van der Waals surface area contributed by atoms with E-state index in [-0.39, 0.29) is 0 Å². The Labute approximate surface area is 97.8 Å². The van der Waals surface area contributed by atoms with Crippen LogP contribution in [0.15, 0.2) is 6.20 Å². The molecule has 2 rings (SSSR count). The third kappa shape index (κ3) is 2.22. The van der Waals surface area contributed by atoms with Crippen molar-refractivity contribution in [2.24, 2.45) is 7.05 Å². The Kier molecular flexibility index (Phi) is 2.53. The molecule has 92 valence electrons. The molecule has 7 nitrogen and oxygen atoms in total. The predicted molar refractivity (Wildman–Crippen MR) is 59.7 cm³/mol. The summed E-state index contributed by atoms with van der Waals surface area (Å²) >= 11 is 0. The van der Waals surface area contributed by atoms with Crippen LogP contribution in [0.1, 0.15) is 18.5 Å². The van der Waals surface area contributed by atoms with E-state index in [1.165, 1.54) is 0 Å². The fourth-order valence-corrected chi connectivity index (χ4v) is 1.61. The Morgan fingerprint density at radius 1 is 1.53 bits per heavy atom. The van der Waals surface area contributed by atoms with Gasteiger partial charge in [-0.3, -0.25) is 4.68 Å². The number of hydrogen-bond donors (Lipinski definition) is 3. The molecular weight excluding hydrogens is 224 g/mol. The van der Waals surface area contributed by atoms with Gasteiger partial charge in [0.25, 0.3) is 0 Å². The number of urea groups is 1. The molecule has 1 aromatic heterocycles. The number of amides is 2. The van der Waals surface area contributed by atoms with Crippen LogP contribution in [-0.2, 0) is 11.8 Å². The SMILES string of the molecule is Cc1nn(C)cc1NC(=O)NC1(C(=O)O)CC1. The topological polar surface area (TPSA) is 96.3 Å². The Morgan fingerprint density at radius 3 is 2.59 bits per heavy atom. The van der Waals surface area contributed by atoms with Crippen molar-refractivity contribution in [3.63, 3.8) is 0 Å². The van der Waals surface area contributed by atoms with Gasteiger partial charge in [-0.05, 0) is 19.8 Å². The zero-order chi connectivity index (χ0) is 12.6. The van der Waals surface area contributed by atoms with Gasteiger partial charge in [-0.25, -0.2) is 9.59 Å². The molecule has 1 aliphatic rings. The van der Waals surface area contributed by atoms with E-state index < -0.39 is 17.5 Å². The van der Waals surface area contributed by atoms with Gasteiger partial charge in [0.15, 0.2) is 0 Å². The molecule has 1 fully saturated rings. The van der Waals surface area contributed by atoms with Crippen LogP contribution in [-0.4, -0.2) is 32.4 Å². The minimum Gasteiger partial charge on any atom is -0.480 e. The van der Waals surface area contributed by atoms with E-state index in [0.717, 1.165) is 0 Å². The molecule has 1 aliphatic carbocycles. The van der Waals surface area contributed by atoms with Crippen LogP contribution in [0.4, 0.5) is 10.5 Å². The number of aromatic nitrogens is 2. The number of aryl methyl sites for hydroxylation is 2. The third-order valence-electron chi connectivity index (χ3n) is 2.77. The summed E-state index contributed by atoms with van der Waals surface area (Å²) in [7, 11) is 1.75. The summed E-state index contributed by atoms with van der Waals surface area (Å²) in [6, 6.07) is -0.513. The van der Waals surface area contributed by atoms with Gasteiger partial charge in [-0.2, -0.15) is 5.10 Å². The first-order chi connectivity index (χ1) is 7.93. The Morgan fingerprint density at radius 2 is 2.18 bits per heavy atom. The summed E-state index contributed by atoms with van der Waals surface area (Å²) < 4.78 is 1.58. The highest BCUT2D eigenvalue weighted by Crippen LogP contribution is 2.35. The lowest BCUT2D eigenvalue weighted by Gasteiger charge is -2.12. The highest BCUT2D eigenvalue weighted by molar-refractivity contribution is 5.95. The van der Waals surface area contributed by atoms with E-state index in [4.69, 9.17) is 5.11 Å². The first-order valence-electron chi connectivity index (χ1n) is 5.26. The van der Waals surface area contributed by atoms with Crippen LogP contribution >= 0.6 is 0 Å². The molecular formula is C10H14N4O3. The van der Waals surface area contributed by atoms with E-state index in [0.29, 0.717) is 24.2 Å². The van der Waals surface area contributed by atoms with Crippen molar-refractivity contribution in [3.8, 4) is 0 Å². The monoisotopic (exact) mass is 238 g/mol. The van der Waals surface area contributed by atoms with E-state index in [1.54, 1.807) is 24.9 Å². The minimum absolute atomic E-state index is 0.474. The zero-order valence-electron chi connectivity index (χ0n) is 9.65. The molecule has 0 bridgehead atoms. The molecule has 0 aliphatic heterocycles. The van der Waals surface area contributed by atoms with Gasteiger partial charge in [-0.15, -0.1) is 0 Å². The molecule has 1 heterocycles. The highest BCUT2D eigenvalue weighted by atomic mass is 16.4. The number of carboxylic acids is 1. The lowest BCUT2D eigenvalue weighted by Crippen LogP contribution is -2.45. The number of rotatable bonds is 3. The quantitative estimate of drug-likeness (QED) is 0.713. The lowest BCUT2D eigenvalue weighted by atomic mass is 10.3. The van der Waals surface area contributed by atoms with Gasteiger partial charge in [-0.1, -0.05) is 0 Å². The van der Waals surface area contributed by atoms with E-state index >= 15 is 0 Å². The zero-order valence-corrected chi connectivity index (χ0v) is 9.65. The van der Waals surface area contributed by atoms with Gasteiger partial charge < -0.3 is 15.7 Å². The average Bonchev–Trinajstić information content (AvgIpc) is 2.90. The number of carboxylic acid groups (broad SMARTS) is 1. The molecule has 17 heavy (non-hydrogen) atoms. The van der Waals surface area contributed by atoms with Crippen LogP contribution in [0.2, 0.25) is 0 Å². The fraction of sp³-hybridized carbons (Fsp3) is 0.500. The van der Waals surface area contributed by atoms with Crippen molar-refractivity contribution in [2.45, 2.75) is 25.3 Å². The highest BCUT2D eigenvalue weighted by Gasteiger charge is 2.51. The van der Waals surface area contributed by atoms with E-state index in [1.807, 2.05) is 0 Å². The second-order valence-electron chi connectivity index (χ2n) is 4.27. The normalized spacial score (nSPS) is 16.4. The summed E-state index contributed by atoms with van der Waals surface area (Å²) in [5.41, 5.74) is 0.189. The van der Waals surface area contributed by atoms with Gasteiger partial charge in [0.1, 0.15) is 5.54 Å². The van der Waals surface area contributed by atoms with Crippen LogP contribution in [0.5, 0.6) is 0 Å². The third-order valence-corrected chi connectivity index (χ3v) is 2.77. The summed E-state index contributed by atoms with van der Waals surface area (Å²) in [6.45, 7) is 1.76. The Hall–Kier alpha value is -2.05. The Bertz CT molecular complexity index is 476. The van der Waals surface area contributed by atoms with Crippen molar-refractivity contribution >= 4 is 17.7 Å². The molecule has 1 saturated carbocycles. The summed E-state index contributed by atoms with van der Waals surface area (Å²) in [5, 5.41) is 18.0. The van der Waals surface area contributed by atoms with Gasteiger partial charge >= 0.3 is 12.0 Å². The maximum absolute atomic E-state index is 11.6. The van der Waals surface area contributed by atoms with E-state index in [9.17, 15) is 9.59 Å². The second-order valence-corrected chi connectivity index (χ2v) is 4.27. The number of carbonyl (C=O) groups is 2. The largest absolute Gasteiger partial charge is 0.480 e. The molecule has 2 amide bonds. The first-order valence-corrected chi connectivity index (χ1v) is 5.26. The molecule has 0 radical (unpaired) electrons. The smallest absolute Gasteiger partial charge is 0.329 e. The maximum Gasteiger partial charge on any atom is 0.329 e. The van der Waals surface area contributed by atoms with Crippen molar-refractivity contribution in [1.82, 2.24) is 15.1 Å². The van der Waals surface area contributed by atoms with Crippen molar-refractivity contribution in [2.75, 3.05) is 5.32 Å². The van der Waals surface area contributed by atoms with Crippen LogP contribution in [0.25, 0.3) is 0 Å². The van der Waals surface area contributed by atoms with E-state index in [2.05, 4.69) is 15.7 Å². The number of nitrogens with one attached hydrogen (secondary N) is 2. The maximum atomic E-state index is 11.6. The summed E-state index contributed by atoms with van der Waals surface area (Å²) in [6.07, 6.45) is 2.61. The fourth-order valence-electron chi connectivity index (χ4n) is 1.61.